The molecule has 1 heterocycles. The highest BCUT2D eigenvalue weighted by Gasteiger charge is 2.36. The van der Waals surface area contributed by atoms with Crippen LogP contribution in [-0.4, -0.2) is 38.2 Å². The zero-order valence-corrected chi connectivity index (χ0v) is 17.0. The van der Waals surface area contributed by atoms with E-state index in [4.69, 9.17) is 19.9 Å². The van der Waals surface area contributed by atoms with Crippen molar-refractivity contribution in [3.05, 3.63) is 35.4 Å². The highest BCUT2D eigenvalue weighted by atomic mass is 16.5. The molecule has 0 saturated carbocycles. The van der Waals surface area contributed by atoms with Gasteiger partial charge in [0.25, 0.3) is 0 Å². The molecule has 1 aliphatic heterocycles. The number of carbonyl (C=O) groups is 1. The lowest BCUT2D eigenvalue weighted by molar-refractivity contribution is 0.104. The number of ketones is 1. The second kappa shape index (κ2) is 8.33. The molecule has 6 heteroatoms. The van der Waals surface area contributed by atoms with E-state index in [-0.39, 0.29) is 5.78 Å². The molecule has 0 radical (unpaired) electrons. The number of benzene rings is 2. The molecule has 2 aliphatic rings. The summed E-state index contributed by atoms with van der Waals surface area (Å²) in [4.78, 5) is 13.2. The van der Waals surface area contributed by atoms with Crippen LogP contribution < -0.4 is 25.3 Å². The van der Waals surface area contributed by atoms with Crippen molar-refractivity contribution in [1.82, 2.24) is 5.32 Å². The summed E-state index contributed by atoms with van der Waals surface area (Å²) in [5.74, 6) is 1.65. The predicted molar refractivity (Wildman–Crippen MR) is 113 cm³/mol. The van der Waals surface area contributed by atoms with Gasteiger partial charge in [0.1, 0.15) is 17.2 Å². The van der Waals surface area contributed by atoms with E-state index in [1.54, 1.807) is 6.07 Å². The van der Waals surface area contributed by atoms with Crippen molar-refractivity contribution in [2.75, 3.05) is 32.1 Å². The first-order valence-electron chi connectivity index (χ1n) is 10.4. The van der Waals surface area contributed by atoms with Gasteiger partial charge in [-0.1, -0.05) is 12.1 Å². The topological polar surface area (TPSA) is 82.8 Å². The Morgan fingerprint density at radius 1 is 1.03 bits per heavy atom. The molecule has 1 atom stereocenters. The number of ether oxygens (including phenoxy) is 3. The Balaban J connectivity index is 1.73. The molecule has 2 aromatic rings. The van der Waals surface area contributed by atoms with Gasteiger partial charge in [-0.15, -0.1) is 0 Å². The van der Waals surface area contributed by atoms with E-state index in [0.29, 0.717) is 65.5 Å². The molecule has 0 bridgehead atoms. The van der Waals surface area contributed by atoms with E-state index in [9.17, 15) is 4.79 Å². The van der Waals surface area contributed by atoms with Gasteiger partial charge in [0.05, 0.1) is 31.1 Å². The maximum absolute atomic E-state index is 13.2. The first-order chi connectivity index (χ1) is 14.2. The van der Waals surface area contributed by atoms with Gasteiger partial charge in [-0.25, -0.2) is 0 Å². The highest BCUT2D eigenvalue weighted by molar-refractivity contribution is 6.26. The van der Waals surface area contributed by atoms with Crippen LogP contribution >= 0.6 is 0 Å². The lowest BCUT2D eigenvalue weighted by Crippen LogP contribution is -2.23. The first kappa shape index (κ1) is 19.6. The van der Waals surface area contributed by atoms with Crippen LogP contribution in [0.1, 0.15) is 49.0 Å². The second-order valence-electron chi connectivity index (χ2n) is 7.34. The van der Waals surface area contributed by atoms with E-state index in [1.807, 2.05) is 32.0 Å². The van der Waals surface area contributed by atoms with Crippen LogP contribution in [0.5, 0.6) is 17.2 Å². The molecule has 4 rings (SSSR count). The average molecular weight is 396 g/mol. The highest BCUT2D eigenvalue weighted by Crippen LogP contribution is 2.51. The van der Waals surface area contributed by atoms with Crippen molar-refractivity contribution < 1.29 is 19.0 Å². The molecular weight excluding hydrogens is 368 g/mol. The minimum atomic E-state index is -0.113. The van der Waals surface area contributed by atoms with Crippen molar-refractivity contribution in [3.8, 4) is 28.4 Å². The van der Waals surface area contributed by atoms with E-state index in [1.165, 1.54) is 12.8 Å². The third kappa shape index (κ3) is 3.53. The number of rotatable bonds is 8. The zero-order valence-electron chi connectivity index (χ0n) is 17.0. The molecule has 2 aromatic carbocycles. The molecule has 1 saturated heterocycles. The minimum Gasteiger partial charge on any atom is -0.493 e. The number of nitrogens with one attached hydrogen (secondary N) is 1. The molecule has 1 aliphatic carbocycles. The van der Waals surface area contributed by atoms with E-state index in [2.05, 4.69) is 5.32 Å². The zero-order chi connectivity index (χ0) is 20.4. The maximum atomic E-state index is 13.2. The van der Waals surface area contributed by atoms with Crippen LogP contribution in [0.3, 0.4) is 0 Å². The van der Waals surface area contributed by atoms with Gasteiger partial charge >= 0.3 is 0 Å². The summed E-state index contributed by atoms with van der Waals surface area (Å²) in [6.07, 6.45) is 3.34. The fraction of sp³-hybridized carbons (Fsp3) is 0.435. The summed E-state index contributed by atoms with van der Waals surface area (Å²) >= 11 is 0. The smallest absolute Gasteiger partial charge is 0.196 e. The monoisotopic (exact) mass is 396 g/mol. The molecule has 1 fully saturated rings. The number of nitrogen functional groups attached to an aromatic ring is 1. The summed E-state index contributed by atoms with van der Waals surface area (Å²) in [6.45, 7) is 6.40. The normalized spacial score (nSPS) is 17.2. The molecule has 1 unspecified atom stereocenters. The maximum Gasteiger partial charge on any atom is 0.196 e. The van der Waals surface area contributed by atoms with E-state index in [0.717, 1.165) is 18.5 Å². The van der Waals surface area contributed by atoms with Crippen LogP contribution in [0.4, 0.5) is 5.69 Å². The molecule has 0 spiro atoms. The van der Waals surface area contributed by atoms with Gasteiger partial charge in [-0.3, -0.25) is 4.79 Å². The van der Waals surface area contributed by atoms with Gasteiger partial charge in [0.15, 0.2) is 5.78 Å². The molecule has 6 nitrogen and oxygen atoms in total. The largest absolute Gasteiger partial charge is 0.493 e. The molecular formula is C23H28N2O4. The number of hydrogen-bond donors (Lipinski definition) is 2. The Morgan fingerprint density at radius 2 is 1.83 bits per heavy atom. The fourth-order valence-corrected chi connectivity index (χ4v) is 4.23. The van der Waals surface area contributed by atoms with Crippen LogP contribution in [0.15, 0.2) is 24.3 Å². The van der Waals surface area contributed by atoms with Gasteiger partial charge in [-0.05, 0) is 45.7 Å². The lowest BCUT2D eigenvalue weighted by Gasteiger charge is -2.17. The summed E-state index contributed by atoms with van der Waals surface area (Å²) in [5.41, 5.74) is 9.21. The summed E-state index contributed by atoms with van der Waals surface area (Å²) in [5, 5.41) is 3.48. The fourth-order valence-electron chi connectivity index (χ4n) is 4.23. The average Bonchev–Trinajstić information content (AvgIpc) is 3.33. The minimum absolute atomic E-state index is 0.113. The lowest BCUT2D eigenvalue weighted by atomic mass is 10.0. The molecule has 29 heavy (non-hydrogen) atoms. The van der Waals surface area contributed by atoms with Crippen molar-refractivity contribution in [2.45, 2.75) is 39.2 Å². The third-order valence-corrected chi connectivity index (χ3v) is 5.53. The van der Waals surface area contributed by atoms with Gasteiger partial charge in [0, 0.05) is 28.8 Å². The van der Waals surface area contributed by atoms with Gasteiger partial charge < -0.3 is 25.3 Å². The van der Waals surface area contributed by atoms with Gasteiger partial charge in [0.2, 0.25) is 0 Å². The Kier molecular flexibility index (Phi) is 5.62. The first-order valence-corrected chi connectivity index (χ1v) is 10.4. The van der Waals surface area contributed by atoms with Crippen molar-refractivity contribution >= 4 is 11.5 Å². The second-order valence-corrected chi connectivity index (χ2v) is 7.34. The number of fused-ring (bicyclic) bond motifs is 3. The Labute approximate surface area is 171 Å². The Hall–Kier alpha value is -2.73. The number of hydrogen-bond acceptors (Lipinski definition) is 6. The molecule has 0 aromatic heterocycles. The number of nitrogens with two attached hydrogens (primary N) is 1. The Morgan fingerprint density at radius 3 is 2.55 bits per heavy atom. The van der Waals surface area contributed by atoms with Crippen molar-refractivity contribution in [1.29, 1.82) is 0 Å². The summed E-state index contributed by atoms with van der Waals surface area (Å²) in [6, 6.07) is 7.86. The number of carbonyl (C=O) groups excluding carboxylic acids is 1. The van der Waals surface area contributed by atoms with E-state index >= 15 is 0 Å². The molecule has 0 amide bonds. The SMILES string of the molecule is CCOc1cc(OCC)c2c(c1N)C(=O)c1cccc(OCCC3CCCN3)c1-2. The van der Waals surface area contributed by atoms with Crippen LogP contribution in [0, 0.1) is 0 Å². The third-order valence-electron chi connectivity index (χ3n) is 5.53. The van der Waals surface area contributed by atoms with E-state index < -0.39 is 0 Å². The van der Waals surface area contributed by atoms with Crippen LogP contribution in [0.2, 0.25) is 0 Å². The summed E-state index contributed by atoms with van der Waals surface area (Å²) in [7, 11) is 0. The predicted octanol–water partition coefficient (Wildman–Crippen LogP) is 3.80. The van der Waals surface area contributed by atoms with Crippen molar-refractivity contribution in [3.63, 3.8) is 0 Å². The van der Waals surface area contributed by atoms with Crippen molar-refractivity contribution in [2.24, 2.45) is 0 Å². The molecule has 154 valence electrons. The molecule has 3 N–H and O–H groups in total. The van der Waals surface area contributed by atoms with Crippen LogP contribution in [-0.2, 0) is 0 Å². The van der Waals surface area contributed by atoms with Crippen LogP contribution in [0.25, 0.3) is 11.1 Å². The standard InChI is InChI=1S/C23H28N2O4/c1-3-27-17-13-18(28-4-2)22(24)21-20(17)19-15(23(21)26)8-5-9-16(19)29-12-10-14-7-6-11-25-14/h5,8-9,13-14,25H,3-4,6-7,10-12,24H2,1-2H3. The summed E-state index contributed by atoms with van der Waals surface area (Å²) < 4.78 is 17.7. The Bertz CT molecular complexity index is 920. The quantitative estimate of drug-likeness (QED) is 0.564. The number of anilines is 1. The van der Waals surface area contributed by atoms with Gasteiger partial charge in [-0.2, -0.15) is 0 Å².